The average Bonchev–Trinajstić information content (AvgIpc) is 2.54. The van der Waals surface area contributed by atoms with Crippen molar-refractivity contribution in [1.82, 2.24) is 4.98 Å². The lowest BCUT2D eigenvalue weighted by molar-refractivity contribution is 0.0698. The van der Waals surface area contributed by atoms with Crippen molar-refractivity contribution in [2.45, 2.75) is 0 Å². The van der Waals surface area contributed by atoms with Crippen molar-refractivity contribution in [2.75, 3.05) is 7.11 Å². The van der Waals surface area contributed by atoms with Crippen LogP contribution in [-0.2, 0) is 0 Å². The van der Waals surface area contributed by atoms with Gasteiger partial charge in [0.15, 0.2) is 0 Å². The minimum absolute atomic E-state index is 0.120. The molecule has 22 heavy (non-hydrogen) atoms. The summed E-state index contributed by atoms with van der Waals surface area (Å²) in [6.45, 7) is 0. The first-order chi connectivity index (χ1) is 10.7. The van der Waals surface area contributed by atoms with Crippen molar-refractivity contribution in [3.05, 3.63) is 60.2 Å². The number of rotatable bonds is 4. The van der Waals surface area contributed by atoms with Gasteiger partial charge in [-0.25, -0.2) is 9.78 Å². The third-order valence-corrected chi connectivity index (χ3v) is 3.19. The number of hydrogen-bond acceptors (Lipinski definition) is 4. The molecule has 2 aromatic carbocycles. The molecule has 0 fully saturated rings. The maximum absolute atomic E-state index is 11.5. The molecule has 1 N–H and O–H groups in total. The van der Waals surface area contributed by atoms with E-state index in [2.05, 4.69) is 4.98 Å². The average molecular weight is 295 g/mol. The molecule has 0 saturated carbocycles. The summed E-state index contributed by atoms with van der Waals surface area (Å²) in [5.74, 6) is 0.368. The predicted molar refractivity (Wildman–Crippen MR) is 81.8 cm³/mol. The highest BCUT2D eigenvalue weighted by Crippen LogP contribution is 2.28. The van der Waals surface area contributed by atoms with Gasteiger partial charge in [-0.1, -0.05) is 18.2 Å². The first-order valence-corrected chi connectivity index (χ1v) is 6.62. The first kappa shape index (κ1) is 13.9. The number of para-hydroxylation sites is 1. The van der Waals surface area contributed by atoms with Crippen molar-refractivity contribution in [3.8, 4) is 17.4 Å². The van der Waals surface area contributed by atoms with E-state index in [1.165, 1.54) is 13.2 Å². The van der Waals surface area contributed by atoms with E-state index < -0.39 is 5.97 Å². The monoisotopic (exact) mass is 295 g/mol. The Morgan fingerprint density at radius 1 is 1.05 bits per heavy atom. The summed E-state index contributed by atoms with van der Waals surface area (Å²) in [5.41, 5.74) is 0.654. The molecule has 0 aliphatic heterocycles. The van der Waals surface area contributed by atoms with Gasteiger partial charge in [-0.3, -0.25) is 0 Å². The van der Waals surface area contributed by atoms with Crippen LogP contribution in [0.4, 0.5) is 0 Å². The Labute approximate surface area is 126 Å². The van der Waals surface area contributed by atoms with Crippen LogP contribution in [0.1, 0.15) is 10.4 Å². The lowest BCUT2D eigenvalue weighted by Crippen LogP contribution is -2.01. The van der Waals surface area contributed by atoms with Crippen molar-refractivity contribution in [1.29, 1.82) is 0 Å². The van der Waals surface area contributed by atoms with Crippen LogP contribution in [-0.4, -0.2) is 23.2 Å². The van der Waals surface area contributed by atoms with Gasteiger partial charge < -0.3 is 14.6 Å². The molecule has 0 spiro atoms. The molecule has 110 valence electrons. The SMILES string of the molecule is COc1ccc2nc(Oc3ccccc3)cc(C(=O)O)c2c1. The fraction of sp³-hybridized carbons (Fsp3) is 0.0588. The Hall–Kier alpha value is -3.08. The van der Waals surface area contributed by atoms with E-state index in [4.69, 9.17) is 9.47 Å². The number of benzene rings is 2. The van der Waals surface area contributed by atoms with E-state index in [0.29, 0.717) is 22.4 Å². The van der Waals surface area contributed by atoms with Crippen LogP contribution in [0.3, 0.4) is 0 Å². The van der Waals surface area contributed by atoms with Crippen LogP contribution in [0.25, 0.3) is 10.9 Å². The number of aromatic nitrogens is 1. The smallest absolute Gasteiger partial charge is 0.336 e. The number of hydrogen-bond donors (Lipinski definition) is 1. The van der Waals surface area contributed by atoms with Gasteiger partial charge in [0, 0.05) is 11.5 Å². The molecular weight excluding hydrogens is 282 g/mol. The highest BCUT2D eigenvalue weighted by Gasteiger charge is 2.14. The number of methoxy groups -OCH3 is 1. The third-order valence-electron chi connectivity index (χ3n) is 3.19. The lowest BCUT2D eigenvalue weighted by atomic mass is 10.1. The second-order valence-electron chi connectivity index (χ2n) is 4.61. The minimum Gasteiger partial charge on any atom is -0.497 e. The molecule has 1 aromatic heterocycles. The van der Waals surface area contributed by atoms with Gasteiger partial charge in [-0.15, -0.1) is 0 Å². The molecule has 3 rings (SSSR count). The van der Waals surface area contributed by atoms with Crippen LogP contribution in [0.2, 0.25) is 0 Å². The van der Waals surface area contributed by atoms with Gasteiger partial charge >= 0.3 is 5.97 Å². The summed E-state index contributed by atoms with van der Waals surface area (Å²) in [7, 11) is 1.53. The van der Waals surface area contributed by atoms with Crippen molar-refractivity contribution < 1.29 is 19.4 Å². The Bertz CT molecular complexity index is 831. The molecule has 5 heteroatoms. The maximum atomic E-state index is 11.5. The fourth-order valence-corrected chi connectivity index (χ4v) is 2.15. The Balaban J connectivity index is 2.11. The summed E-state index contributed by atoms with van der Waals surface area (Å²) in [4.78, 5) is 15.8. The Kier molecular flexibility index (Phi) is 3.62. The zero-order valence-electron chi connectivity index (χ0n) is 11.8. The van der Waals surface area contributed by atoms with Gasteiger partial charge in [0.2, 0.25) is 5.88 Å². The number of aromatic carboxylic acids is 1. The van der Waals surface area contributed by atoms with E-state index in [1.54, 1.807) is 30.3 Å². The quantitative estimate of drug-likeness (QED) is 0.794. The van der Waals surface area contributed by atoms with Gasteiger partial charge in [0.25, 0.3) is 0 Å². The predicted octanol–water partition coefficient (Wildman–Crippen LogP) is 3.73. The van der Waals surface area contributed by atoms with Crippen molar-refractivity contribution >= 4 is 16.9 Å². The molecular formula is C17H13NO4. The molecule has 0 atom stereocenters. The molecule has 0 bridgehead atoms. The molecule has 0 aliphatic rings. The summed E-state index contributed by atoms with van der Waals surface area (Å²) < 4.78 is 10.8. The Morgan fingerprint density at radius 3 is 2.50 bits per heavy atom. The summed E-state index contributed by atoms with van der Waals surface area (Å²) in [5, 5.41) is 9.92. The normalized spacial score (nSPS) is 10.4. The highest BCUT2D eigenvalue weighted by molar-refractivity contribution is 6.03. The topological polar surface area (TPSA) is 68.7 Å². The fourth-order valence-electron chi connectivity index (χ4n) is 2.15. The second-order valence-corrected chi connectivity index (χ2v) is 4.61. The standard InChI is InChI=1S/C17H13NO4/c1-21-12-7-8-15-13(9-12)14(17(19)20)10-16(18-15)22-11-5-3-2-4-6-11/h2-10H,1H3,(H,19,20). The highest BCUT2D eigenvalue weighted by atomic mass is 16.5. The third kappa shape index (κ3) is 2.69. The van der Waals surface area contributed by atoms with Gasteiger partial charge in [-0.2, -0.15) is 0 Å². The number of carboxylic acid groups (broad SMARTS) is 1. The van der Waals surface area contributed by atoms with Crippen LogP contribution in [0.15, 0.2) is 54.6 Å². The van der Waals surface area contributed by atoms with Gasteiger partial charge in [-0.05, 0) is 30.3 Å². The molecule has 3 aromatic rings. The van der Waals surface area contributed by atoms with Crippen LogP contribution in [0.5, 0.6) is 17.4 Å². The van der Waals surface area contributed by atoms with E-state index in [-0.39, 0.29) is 11.4 Å². The largest absolute Gasteiger partial charge is 0.497 e. The molecule has 1 heterocycles. The van der Waals surface area contributed by atoms with Crippen molar-refractivity contribution in [2.24, 2.45) is 0 Å². The van der Waals surface area contributed by atoms with Crippen LogP contribution < -0.4 is 9.47 Å². The molecule has 0 saturated heterocycles. The van der Waals surface area contributed by atoms with Crippen LogP contribution >= 0.6 is 0 Å². The number of carboxylic acids is 1. The number of carbonyl (C=O) groups is 1. The summed E-state index contributed by atoms with van der Waals surface area (Å²) in [6, 6.07) is 15.6. The van der Waals surface area contributed by atoms with Crippen LogP contribution in [0, 0.1) is 0 Å². The second kappa shape index (κ2) is 5.73. The Morgan fingerprint density at radius 2 is 1.82 bits per heavy atom. The van der Waals surface area contributed by atoms with Crippen molar-refractivity contribution in [3.63, 3.8) is 0 Å². The summed E-state index contributed by atoms with van der Waals surface area (Å²) in [6.07, 6.45) is 0. The maximum Gasteiger partial charge on any atom is 0.336 e. The van der Waals surface area contributed by atoms with E-state index in [9.17, 15) is 9.90 Å². The minimum atomic E-state index is -1.04. The summed E-state index contributed by atoms with van der Waals surface area (Å²) >= 11 is 0. The lowest BCUT2D eigenvalue weighted by Gasteiger charge is -2.09. The molecule has 5 nitrogen and oxygen atoms in total. The van der Waals surface area contributed by atoms with E-state index in [1.807, 2.05) is 18.2 Å². The van der Waals surface area contributed by atoms with E-state index >= 15 is 0 Å². The number of ether oxygens (including phenoxy) is 2. The molecule has 0 unspecified atom stereocenters. The number of fused-ring (bicyclic) bond motifs is 1. The first-order valence-electron chi connectivity index (χ1n) is 6.62. The molecule has 0 radical (unpaired) electrons. The van der Waals surface area contributed by atoms with Gasteiger partial charge in [0.1, 0.15) is 11.5 Å². The molecule has 0 amide bonds. The van der Waals surface area contributed by atoms with E-state index in [0.717, 1.165) is 0 Å². The van der Waals surface area contributed by atoms with Gasteiger partial charge in [0.05, 0.1) is 18.2 Å². The number of nitrogens with zero attached hydrogens (tertiary/aromatic N) is 1. The zero-order chi connectivity index (χ0) is 15.5. The zero-order valence-corrected chi connectivity index (χ0v) is 11.8. The number of pyridine rings is 1. The molecule has 0 aliphatic carbocycles.